The molecule has 1 unspecified atom stereocenters. The zero-order chi connectivity index (χ0) is 30.8. The van der Waals surface area contributed by atoms with E-state index >= 15 is 0 Å². The van der Waals surface area contributed by atoms with Crippen LogP contribution in [-0.2, 0) is 18.9 Å². The number of likely N-dealkylation sites (N-methyl/N-ethyl adjacent to an activating group) is 1. The molecule has 0 aliphatic rings. The SMILES string of the molecule is CN(C)CC(CCCn1ccc2cc(-c3ncc(C(F)(F)F)cn3)c(F)cc2c1=O)Nc1cn[nH]c(=O)c1C(F)(F)F. The van der Waals surface area contributed by atoms with E-state index in [4.69, 9.17) is 0 Å². The van der Waals surface area contributed by atoms with Crippen molar-refractivity contribution in [2.24, 2.45) is 0 Å². The van der Waals surface area contributed by atoms with Crippen LogP contribution in [-0.4, -0.2) is 56.3 Å². The summed E-state index contributed by atoms with van der Waals surface area (Å²) < 4.78 is 95.0. The molecule has 4 aromatic rings. The fraction of sp³-hybridized carbons (Fsp3) is 0.346. The van der Waals surface area contributed by atoms with Crippen molar-refractivity contribution in [3.05, 3.63) is 80.6 Å². The van der Waals surface area contributed by atoms with Gasteiger partial charge in [0, 0.05) is 37.7 Å². The van der Waals surface area contributed by atoms with Crippen molar-refractivity contribution in [1.82, 2.24) is 29.6 Å². The predicted octanol–water partition coefficient (Wildman–Crippen LogP) is 4.54. The van der Waals surface area contributed by atoms with Crippen LogP contribution >= 0.6 is 0 Å². The zero-order valence-electron chi connectivity index (χ0n) is 22.1. The Kier molecular flexibility index (Phi) is 8.65. The third-order valence-corrected chi connectivity index (χ3v) is 6.32. The number of hydrogen-bond donors (Lipinski definition) is 2. The molecule has 0 aliphatic carbocycles. The average molecular weight is 600 g/mol. The summed E-state index contributed by atoms with van der Waals surface area (Å²) in [4.78, 5) is 33.8. The Balaban J connectivity index is 1.52. The number of hydrogen-bond acceptors (Lipinski definition) is 7. The Morgan fingerprint density at radius 3 is 2.33 bits per heavy atom. The number of alkyl halides is 6. The lowest BCUT2D eigenvalue weighted by molar-refractivity contribution is -0.139. The molecule has 3 aromatic heterocycles. The van der Waals surface area contributed by atoms with Crippen LogP contribution in [0.5, 0.6) is 0 Å². The van der Waals surface area contributed by atoms with Crippen molar-refractivity contribution in [3.63, 3.8) is 0 Å². The lowest BCUT2D eigenvalue weighted by Crippen LogP contribution is -2.35. The minimum atomic E-state index is -4.91. The second kappa shape index (κ2) is 11.9. The van der Waals surface area contributed by atoms with Crippen molar-refractivity contribution in [2.75, 3.05) is 26.0 Å². The molecule has 3 heterocycles. The van der Waals surface area contributed by atoms with Crippen LogP contribution in [0.3, 0.4) is 0 Å². The van der Waals surface area contributed by atoms with Gasteiger partial charge in [-0.05, 0) is 50.5 Å². The molecule has 0 radical (unpaired) electrons. The average Bonchev–Trinajstić information content (AvgIpc) is 2.88. The quantitative estimate of drug-likeness (QED) is 0.272. The Morgan fingerprint density at radius 1 is 1.02 bits per heavy atom. The minimum Gasteiger partial charge on any atom is -0.379 e. The highest BCUT2D eigenvalue weighted by Crippen LogP contribution is 2.32. The first-order valence-electron chi connectivity index (χ1n) is 12.4. The van der Waals surface area contributed by atoms with Crippen molar-refractivity contribution >= 4 is 16.5 Å². The van der Waals surface area contributed by atoms with Gasteiger partial charge in [-0.2, -0.15) is 31.4 Å². The molecule has 0 amide bonds. The van der Waals surface area contributed by atoms with Crippen LogP contribution in [0.1, 0.15) is 24.0 Å². The smallest absolute Gasteiger partial charge is 0.379 e. The number of rotatable bonds is 9. The maximum atomic E-state index is 14.9. The van der Waals surface area contributed by atoms with E-state index in [1.54, 1.807) is 24.1 Å². The van der Waals surface area contributed by atoms with Crippen molar-refractivity contribution in [2.45, 2.75) is 37.8 Å². The topological polar surface area (TPSA) is 109 Å². The number of fused-ring (bicyclic) bond motifs is 1. The highest BCUT2D eigenvalue weighted by Gasteiger charge is 2.38. The summed E-state index contributed by atoms with van der Waals surface area (Å²) in [6, 6.07) is 3.20. The number of benzene rings is 1. The largest absolute Gasteiger partial charge is 0.423 e. The number of nitrogens with one attached hydrogen (secondary N) is 2. The molecule has 0 saturated carbocycles. The summed E-state index contributed by atoms with van der Waals surface area (Å²) in [5.74, 6) is -1.19. The van der Waals surface area contributed by atoms with E-state index in [-0.39, 0.29) is 23.3 Å². The van der Waals surface area contributed by atoms with E-state index in [0.29, 0.717) is 37.2 Å². The van der Waals surface area contributed by atoms with E-state index in [0.717, 1.165) is 12.3 Å². The van der Waals surface area contributed by atoms with E-state index in [2.05, 4.69) is 20.4 Å². The van der Waals surface area contributed by atoms with Gasteiger partial charge in [-0.1, -0.05) is 0 Å². The van der Waals surface area contributed by atoms with Crippen LogP contribution < -0.4 is 16.4 Å². The molecule has 1 atom stereocenters. The van der Waals surface area contributed by atoms with Gasteiger partial charge >= 0.3 is 12.4 Å². The van der Waals surface area contributed by atoms with E-state index < -0.39 is 52.1 Å². The van der Waals surface area contributed by atoms with Gasteiger partial charge in [0.2, 0.25) is 0 Å². The molecule has 42 heavy (non-hydrogen) atoms. The highest BCUT2D eigenvalue weighted by atomic mass is 19.4. The Bertz CT molecular complexity index is 1680. The van der Waals surface area contributed by atoms with Crippen LogP contribution in [0.15, 0.2) is 52.6 Å². The molecule has 0 aliphatic heterocycles. The van der Waals surface area contributed by atoms with Crippen molar-refractivity contribution in [1.29, 1.82) is 0 Å². The van der Waals surface area contributed by atoms with Crippen LogP contribution in [0.2, 0.25) is 0 Å². The number of aromatic amines is 1. The highest BCUT2D eigenvalue weighted by molar-refractivity contribution is 5.86. The van der Waals surface area contributed by atoms with Gasteiger partial charge < -0.3 is 14.8 Å². The van der Waals surface area contributed by atoms with Gasteiger partial charge in [0.15, 0.2) is 5.82 Å². The predicted molar refractivity (Wildman–Crippen MR) is 139 cm³/mol. The molecule has 0 fully saturated rings. The number of pyridine rings is 1. The maximum Gasteiger partial charge on any atom is 0.423 e. The van der Waals surface area contributed by atoms with Crippen LogP contribution in [0.4, 0.5) is 36.4 Å². The maximum absolute atomic E-state index is 14.9. The third kappa shape index (κ3) is 6.92. The fourth-order valence-electron chi connectivity index (χ4n) is 4.43. The second-order valence-electron chi connectivity index (χ2n) is 9.76. The number of nitrogens with zero attached hydrogens (tertiary/aromatic N) is 5. The normalized spacial score (nSPS) is 13.1. The molecule has 0 saturated heterocycles. The molecule has 9 nitrogen and oxygen atoms in total. The molecule has 4 rings (SSSR count). The van der Waals surface area contributed by atoms with Crippen LogP contribution in [0.25, 0.3) is 22.2 Å². The first kappa shape index (κ1) is 30.6. The minimum absolute atomic E-state index is 0.0121. The fourth-order valence-corrected chi connectivity index (χ4v) is 4.43. The van der Waals surface area contributed by atoms with Gasteiger partial charge in [0.25, 0.3) is 11.1 Å². The monoisotopic (exact) mass is 599 g/mol. The van der Waals surface area contributed by atoms with E-state index in [1.807, 2.05) is 0 Å². The molecule has 1 aromatic carbocycles. The molecule has 224 valence electrons. The summed E-state index contributed by atoms with van der Waals surface area (Å²) >= 11 is 0. The summed E-state index contributed by atoms with van der Waals surface area (Å²) in [6.07, 6.45) is -5.51. The molecule has 0 bridgehead atoms. The number of anilines is 1. The Morgan fingerprint density at radius 2 is 1.71 bits per heavy atom. The van der Waals surface area contributed by atoms with Gasteiger partial charge in [0.1, 0.15) is 11.4 Å². The summed E-state index contributed by atoms with van der Waals surface area (Å²) in [5, 5.41) is 8.31. The van der Waals surface area contributed by atoms with Crippen molar-refractivity contribution < 1.29 is 30.7 Å². The number of aromatic nitrogens is 5. The number of aryl methyl sites for hydroxylation is 1. The Hall–Kier alpha value is -4.34. The van der Waals surface area contributed by atoms with Gasteiger partial charge in [-0.15, -0.1) is 0 Å². The lowest BCUT2D eigenvalue weighted by atomic mass is 10.1. The van der Waals surface area contributed by atoms with Gasteiger partial charge in [-0.25, -0.2) is 19.5 Å². The van der Waals surface area contributed by atoms with Crippen LogP contribution in [0, 0.1) is 5.82 Å². The first-order chi connectivity index (χ1) is 19.6. The van der Waals surface area contributed by atoms with Gasteiger partial charge in [0.05, 0.1) is 28.4 Å². The first-order valence-corrected chi connectivity index (χ1v) is 12.4. The third-order valence-electron chi connectivity index (χ3n) is 6.32. The molecular formula is C26H24F7N7O2. The molecular weight excluding hydrogens is 575 g/mol. The molecule has 16 heteroatoms. The number of halogens is 7. The number of H-pyrrole nitrogens is 1. The lowest BCUT2D eigenvalue weighted by Gasteiger charge is -2.24. The second-order valence-corrected chi connectivity index (χ2v) is 9.76. The van der Waals surface area contributed by atoms with E-state index in [9.17, 15) is 40.3 Å². The molecule has 2 N–H and O–H groups in total. The van der Waals surface area contributed by atoms with E-state index in [1.165, 1.54) is 22.9 Å². The molecule has 0 spiro atoms. The van der Waals surface area contributed by atoms with Crippen molar-refractivity contribution in [3.8, 4) is 11.4 Å². The summed E-state index contributed by atoms with van der Waals surface area (Å²) in [5.41, 5.74) is -5.05. The summed E-state index contributed by atoms with van der Waals surface area (Å²) in [6.45, 7) is 0.447. The van der Waals surface area contributed by atoms with Gasteiger partial charge in [-0.3, -0.25) is 9.59 Å². The zero-order valence-corrected chi connectivity index (χ0v) is 22.1. The standard InChI is InChI=1S/C26H24F7N7O2/c1-39(2)13-16(37-20-12-36-38-23(41)21(20)26(31,32)33)4-3-6-40-7-5-14-8-18(19(27)9-17(14)24(40)42)22-34-10-15(11-35-22)25(28,29)30/h5,7-12,16H,3-4,6,13H2,1-2H3,(H2,37,38,41). The Labute approximate surface area is 233 Å². The summed E-state index contributed by atoms with van der Waals surface area (Å²) in [7, 11) is 3.45.